The highest BCUT2D eigenvalue weighted by molar-refractivity contribution is 5.94. The van der Waals surface area contributed by atoms with Crippen LogP contribution in [0, 0.1) is 6.92 Å². The minimum absolute atomic E-state index is 0.0296. The van der Waals surface area contributed by atoms with Crippen LogP contribution in [0.3, 0.4) is 0 Å². The number of nitrogens with zero attached hydrogens (tertiary/aromatic N) is 4. The van der Waals surface area contributed by atoms with E-state index in [0.717, 1.165) is 16.9 Å². The highest BCUT2D eigenvalue weighted by atomic mass is 16.1. The molecule has 4 rings (SSSR count). The Morgan fingerprint density at radius 3 is 2.37 bits per heavy atom. The second-order valence-corrected chi connectivity index (χ2v) is 6.38. The number of carbonyl (C=O) groups is 1. The van der Waals surface area contributed by atoms with E-state index in [4.69, 9.17) is 4.98 Å². The van der Waals surface area contributed by atoms with E-state index in [1.165, 1.54) is 5.56 Å². The molecule has 0 aliphatic rings. The maximum Gasteiger partial charge on any atom is 0.187 e. The molecule has 0 saturated carbocycles. The van der Waals surface area contributed by atoms with Gasteiger partial charge in [0.15, 0.2) is 11.6 Å². The molecule has 0 aliphatic heterocycles. The molecular formula is C22H18N4O. The third kappa shape index (κ3) is 3.40. The topological polar surface area (TPSA) is 59.1 Å². The largest absolute Gasteiger partial charge is 0.295 e. The van der Waals surface area contributed by atoms with Gasteiger partial charge in [-0.05, 0) is 50.2 Å². The van der Waals surface area contributed by atoms with Crippen LogP contribution in [0.2, 0.25) is 0 Å². The van der Waals surface area contributed by atoms with E-state index in [-0.39, 0.29) is 5.78 Å². The molecule has 0 spiro atoms. The van der Waals surface area contributed by atoms with Gasteiger partial charge in [-0.3, -0.25) is 9.20 Å². The van der Waals surface area contributed by atoms with Gasteiger partial charge in [-0.1, -0.05) is 35.9 Å². The lowest BCUT2D eigenvalue weighted by Crippen LogP contribution is -1.89. The van der Waals surface area contributed by atoms with Crippen LogP contribution in [0.15, 0.2) is 83.2 Å². The first-order chi connectivity index (χ1) is 13.1. The van der Waals surface area contributed by atoms with E-state index in [1.807, 2.05) is 40.9 Å². The number of hydrogen-bond acceptors (Lipinski definition) is 4. The van der Waals surface area contributed by atoms with E-state index in [1.54, 1.807) is 31.2 Å². The number of hydrogen-bond donors (Lipinski definition) is 0. The quantitative estimate of drug-likeness (QED) is 0.337. The van der Waals surface area contributed by atoms with E-state index < -0.39 is 0 Å². The van der Waals surface area contributed by atoms with Crippen LogP contribution in [0.1, 0.15) is 22.8 Å². The Labute approximate surface area is 157 Å². The van der Waals surface area contributed by atoms with Crippen LogP contribution in [0.4, 0.5) is 11.5 Å². The highest BCUT2D eigenvalue weighted by Crippen LogP contribution is 2.32. The Morgan fingerprint density at radius 1 is 0.926 bits per heavy atom. The smallest absolute Gasteiger partial charge is 0.187 e. The van der Waals surface area contributed by atoms with Crippen molar-refractivity contribution in [2.45, 2.75) is 13.8 Å². The number of Topliss-reactive ketones (excluding diaryl/α,β-unsaturated/α-hetero) is 1. The number of pyridine rings is 1. The second-order valence-electron chi connectivity index (χ2n) is 6.38. The molecule has 0 saturated heterocycles. The molecular weight excluding hydrogens is 336 g/mol. The number of fused-ring (bicyclic) bond motifs is 1. The normalized spacial score (nSPS) is 11.3. The van der Waals surface area contributed by atoms with Crippen molar-refractivity contribution >= 4 is 22.9 Å². The number of carbonyl (C=O) groups excluding carboxylic acids is 1. The highest BCUT2D eigenvalue weighted by Gasteiger charge is 2.13. The van der Waals surface area contributed by atoms with Gasteiger partial charge in [0.25, 0.3) is 0 Å². The monoisotopic (exact) mass is 354 g/mol. The molecule has 2 aromatic heterocycles. The van der Waals surface area contributed by atoms with Crippen molar-refractivity contribution in [2.24, 2.45) is 10.2 Å². The number of rotatable bonds is 4. The summed E-state index contributed by atoms with van der Waals surface area (Å²) in [5.74, 6) is 0.701. The molecule has 5 heteroatoms. The molecule has 0 atom stereocenters. The number of aromatic nitrogens is 2. The lowest BCUT2D eigenvalue weighted by atomic mass is 10.1. The van der Waals surface area contributed by atoms with Gasteiger partial charge in [0, 0.05) is 17.3 Å². The fraction of sp³-hybridized carbons (Fsp3) is 0.0909. The maximum atomic E-state index is 11.4. The van der Waals surface area contributed by atoms with Crippen LogP contribution < -0.4 is 0 Å². The van der Waals surface area contributed by atoms with Gasteiger partial charge in [0.1, 0.15) is 11.3 Å². The van der Waals surface area contributed by atoms with Gasteiger partial charge in [0.05, 0.1) is 5.69 Å². The molecule has 0 aliphatic carbocycles. The molecule has 2 aromatic carbocycles. The van der Waals surface area contributed by atoms with Gasteiger partial charge < -0.3 is 0 Å². The summed E-state index contributed by atoms with van der Waals surface area (Å²) in [6.07, 6.45) is 1.92. The summed E-state index contributed by atoms with van der Waals surface area (Å²) in [4.78, 5) is 16.1. The maximum absolute atomic E-state index is 11.4. The van der Waals surface area contributed by atoms with Gasteiger partial charge in [-0.25, -0.2) is 4.98 Å². The molecule has 0 N–H and O–H groups in total. The van der Waals surface area contributed by atoms with Gasteiger partial charge in [-0.15, -0.1) is 10.2 Å². The zero-order valence-electron chi connectivity index (χ0n) is 15.1. The minimum atomic E-state index is 0.0296. The van der Waals surface area contributed by atoms with Gasteiger partial charge >= 0.3 is 0 Å². The average Bonchev–Trinajstić information content (AvgIpc) is 3.06. The molecule has 0 unspecified atom stereocenters. The van der Waals surface area contributed by atoms with Crippen molar-refractivity contribution in [1.29, 1.82) is 0 Å². The van der Waals surface area contributed by atoms with Crippen molar-refractivity contribution in [3.63, 3.8) is 0 Å². The fourth-order valence-electron chi connectivity index (χ4n) is 2.85. The number of aryl methyl sites for hydroxylation is 1. The Balaban J connectivity index is 1.78. The molecule has 5 nitrogen and oxygen atoms in total. The summed E-state index contributed by atoms with van der Waals surface area (Å²) < 4.78 is 1.92. The van der Waals surface area contributed by atoms with Crippen molar-refractivity contribution in [1.82, 2.24) is 9.38 Å². The van der Waals surface area contributed by atoms with Crippen molar-refractivity contribution < 1.29 is 4.79 Å². The van der Waals surface area contributed by atoms with E-state index in [0.29, 0.717) is 17.1 Å². The Kier molecular flexibility index (Phi) is 4.34. The predicted octanol–water partition coefficient (Wildman–Crippen LogP) is 5.93. The van der Waals surface area contributed by atoms with Crippen LogP contribution in [-0.2, 0) is 0 Å². The summed E-state index contributed by atoms with van der Waals surface area (Å²) in [7, 11) is 0. The Hall–Kier alpha value is -3.60. The molecule has 27 heavy (non-hydrogen) atoms. The zero-order chi connectivity index (χ0) is 18.8. The van der Waals surface area contributed by atoms with Crippen LogP contribution in [-0.4, -0.2) is 15.2 Å². The summed E-state index contributed by atoms with van der Waals surface area (Å²) >= 11 is 0. The van der Waals surface area contributed by atoms with Crippen molar-refractivity contribution in [3.05, 3.63) is 84.1 Å². The number of azo groups is 1. The molecule has 0 amide bonds. The van der Waals surface area contributed by atoms with E-state index in [2.05, 4.69) is 29.3 Å². The summed E-state index contributed by atoms with van der Waals surface area (Å²) in [5.41, 5.74) is 5.12. The average molecular weight is 354 g/mol. The minimum Gasteiger partial charge on any atom is -0.295 e. The Bertz CT molecular complexity index is 1140. The molecule has 132 valence electrons. The van der Waals surface area contributed by atoms with E-state index in [9.17, 15) is 4.79 Å². The zero-order valence-corrected chi connectivity index (χ0v) is 15.1. The predicted molar refractivity (Wildman–Crippen MR) is 106 cm³/mol. The van der Waals surface area contributed by atoms with Gasteiger partial charge in [0.2, 0.25) is 0 Å². The lowest BCUT2D eigenvalue weighted by molar-refractivity contribution is 0.101. The number of benzene rings is 2. The first kappa shape index (κ1) is 16.8. The molecule has 0 bridgehead atoms. The standard InChI is InChI=1S/C22H18N4O/c1-15-6-8-18(9-7-15)21-22(26-14-4-3-5-20(26)23-21)25-24-19-12-10-17(11-13-19)16(2)27/h3-14H,1-2H3. The third-order valence-corrected chi connectivity index (χ3v) is 4.36. The molecule has 0 fully saturated rings. The van der Waals surface area contributed by atoms with E-state index >= 15 is 0 Å². The summed E-state index contributed by atoms with van der Waals surface area (Å²) in [6, 6.07) is 21.1. The number of imidazole rings is 1. The fourth-order valence-corrected chi connectivity index (χ4v) is 2.85. The lowest BCUT2D eigenvalue weighted by Gasteiger charge is -2.01. The van der Waals surface area contributed by atoms with Crippen LogP contribution >= 0.6 is 0 Å². The second kappa shape index (κ2) is 6.96. The summed E-state index contributed by atoms with van der Waals surface area (Å²) in [6.45, 7) is 3.60. The molecule has 2 heterocycles. The Morgan fingerprint density at radius 2 is 1.67 bits per heavy atom. The SMILES string of the molecule is CC(=O)c1ccc(N=Nc2c(-c3ccc(C)cc3)nc3ccccn23)cc1. The first-order valence-electron chi connectivity index (χ1n) is 8.69. The van der Waals surface area contributed by atoms with Crippen LogP contribution in [0.25, 0.3) is 16.9 Å². The van der Waals surface area contributed by atoms with Crippen LogP contribution in [0.5, 0.6) is 0 Å². The van der Waals surface area contributed by atoms with Crippen molar-refractivity contribution in [2.75, 3.05) is 0 Å². The molecule has 4 aromatic rings. The van der Waals surface area contributed by atoms with Gasteiger partial charge in [-0.2, -0.15) is 0 Å². The van der Waals surface area contributed by atoms with Crippen molar-refractivity contribution in [3.8, 4) is 11.3 Å². The third-order valence-electron chi connectivity index (χ3n) is 4.36. The molecule has 0 radical (unpaired) electrons. The number of ketones is 1. The summed E-state index contributed by atoms with van der Waals surface area (Å²) in [5, 5.41) is 8.83. The first-order valence-corrected chi connectivity index (χ1v) is 8.69.